The molecule has 0 spiro atoms. The van der Waals surface area contributed by atoms with Crippen molar-refractivity contribution in [3.8, 4) is 0 Å². The first-order valence-corrected chi connectivity index (χ1v) is 17.1. The number of aromatic nitrogens is 1. The molecule has 2 N–H and O–H groups in total. The first kappa shape index (κ1) is 37.9. The van der Waals surface area contributed by atoms with Crippen LogP contribution in [0.25, 0.3) is 10.9 Å². The third-order valence-electron chi connectivity index (χ3n) is 7.23. The summed E-state index contributed by atoms with van der Waals surface area (Å²) in [6.07, 6.45) is 5.76. The quantitative estimate of drug-likeness (QED) is 0.244. The van der Waals surface area contributed by atoms with Crippen molar-refractivity contribution >= 4 is 16.6 Å². The highest BCUT2D eigenvalue weighted by Crippen LogP contribution is 2.28. The van der Waals surface area contributed by atoms with E-state index in [-0.39, 0.29) is 0 Å². The lowest BCUT2D eigenvalue weighted by Gasteiger charge is -2.31. The molecule has 4 aromatic rings. The normalized spacial score (nSPS) is 13.6. The number of nitrogens with zero attached hydrogens (tertiary/aromatic N) is 2. The number of hydrogen-bond donors (Lipinski definition) is 2. The minimum absolute atomic E-state index is 1.09. The molecule has 0 bridgehead atoms. The first-order valence-electron chi connectivity index (χ1n) is 17.1. The zero-order valence-corrected chi connectivity index (χ0v) is 29.0. The van der Waals surface area contributed by atoms with Crippen molar-refractivity contribution in [3.05, 3.63) is 101 Å². The van der Waals surface area contributed by atoms with Crippen LogP contribution in [0.1, 0.15) is 84.1 Å². The van der Waals surface area contributed by atoms with Gasteiger partial charge in [0.1, 0.15) is 0 Å². The Morgan fingerprint density at radius 2 is 1.37 bits per heavy atom. The molecule has 0 unspecified atom stereocenters. The zero-order chi connectivity index (χ0) is 31.9. The van der Waals surface area contributed by atoms with Gasteiger partial charge in [0.25, 0.3) is 0 Å². The van der Waals surface area contributed by atoms with Gasteiger partial charge in [0.15, 0.2) is 0 Å². The van der Waals surface area contributed by atoms with Crippen LogP contribution in [0.4, 0.5) is 5.69 Å². The van der Waals surface area contributed by atoms with Gasteiger partial charge in [-0.3, -0.25) is 4.90 Å². The van der Waals surface area contributed by atoms with Crippen molar-refractivity contribution < 1.29 is 0 Å². The van der Waals surface area contributed by atoms with Crippen molar-refractivity contribution in [2.75, 3.05) is 44.2 Å². The SMILES string of the molecule is CC.CC.CC.CC.Cc1ccc2c(c1)CCCN2CCc1c[nH]c2ccccc12.c1ccc(CN2CCNCC2)cc1. The lowest BCUT2D eigenvalue weighted by molar-refractivity contribution is 0.233. The van der Waals surface area contributed by atoms with E-state index in [4.69, 9.17) is 0 Å². The molecular weight excluding hydrogens is 524 g/mol. The first-order chi connectivity index (χ1) is 21.3. The van der Waals surface area contributed by atoms with Crippen LogP contribution in [0.15, 0.2) is 79.0 Å². The predicted octanol–water partition coefficient (Wildman–Crippen LogP) is 9.67. The number of rotatable bonds is 5. The van der Waals surface area contributed by atoms with Crippen molar-refractivity contribution in [2.24, 2.45) is 0 Å². The van der Waals surface area contributed by atoms with Gasteiger partial charge in [0.2, 0.25) is 0 Å². The van der Waals surface area contributed by atoms with Crippen LogP contribution in [-0.4, -0.2) is 49.2 Å². The average Bonchev–Trinajstić information content (AvgIpc) is 3.51. The number of aromatic amines is 1. The van der Waals surface area contributed by atoms with Gasteiger partial charge in [-0.25, -0.2) is 0 Å². The molecular formula is C39H62N4. The molecule has 0 saturated carbocycles. The molecule has 0 radical (unpaired) electrons. The molecule has 3 heterocycles. The molecule has 1 aromatic heterocycles. The van der Waals surface area contributed by atoms with Crippen LogP contribution in [0, 0.1) is 6.92 Å². The van der Waals surface area contributed by atoms with Gasteiger partial charge in [0, 0.05) is 68.6 Å². The van der Waals surface area contributed by atoms with Gasteiger partial charge >= 0.3 is 0 Å². The monoisotopic (exact) mass is 586 g/mol. The van der Waals surface area contributed by atoms with E-state index in [0.717, 1.165) is 32.6 Å². The molecule has 2 aliphatic rings. The van der Waals surface area contributed by atoms with Crippen LogP contribution in [0.3, 0.4) is 0 Å². The Labute approximate surface area is 264 Å². The Balaban J connectivity index is 0.000000377. The highest BCUT2D eigenvalue weighted by Gasteiger charge is 2.17. The summed E-state index contributed by atoms with van der Waals surface area (Å²) in [6, 6.07) is 26.2. The second-order valence-corrected chi connectivity index (χ2v) is 9.84. The number of nitrogens with one attached hydrogen (secondary N) is 2. The molecule has 0 atom stereocenters. The smallest absolute Gasteiger partial charge is 0.0456 e. The number of piperazine rings is 1. The topological polar surface area (TPSA) is 34.3 Å². The summed E-state index contributed by atoms with van der Waals surface area (Å²) in [4.78, 5) is 8.43. The summed E-state index contributed by atoms with van der Waals surface area (Å²) in [5.41, 5.74) is 8.42. The van der Waals surface area contributed by atoms with E-state index in [0.29, 0.717) is 0 Å². The van der Waals surface area contributed by atoms with Crippen molar-refractivity contribution in [1.29, 1.82) is 0 Å². The Morgan fingerprint density at radius 1 is 0.721 bits per heavy atom. The summed E-state index contributed by atoms with van der Waals surface area (Å²) in [7, 11) is 0. The lowest BCUT2D eigenvalue weighted by Crippen LogP contribution is -2.42. The van der Waals surface area contributed by atoms with Crippen molar-refractivity contribution in [1.82, 2.24) is 15.2 Å². The van der Waals surface area contributed by atoms with Crippen LogP contribution < -0.4 is 10.2 Å². The highest BCUT2D eigenvalue weighted by molar-refractivity contribution is 5.83. The second kappa shape index (κ2) is 23.4. The Bertz CT molecular complexity index is 1210. The van der Waals surface area contributed by atoms with Gasteiger partial charge in [-0.1, -0.05) is 122 Å². The van der Waals surface area contributed by atoms with E-state index in [1.165, 1.54) is 71.3 Å². The Kier molecular flexibility index (Phi) is 20.6. The standard InChI is InChI=1S/C20H22N2.C11H16N2.4C2H6/c1-15-8-9-20-16(13-15)5-4-11-22(20)12-10-17-14-21-19-7-3-2-6-18(17)19;1-2-4-11(5-3-1)10-13-8-6-12-7-9-13;4*1-2/h2-3,6-9,13-14,21H,4-5,10-12H2,1H3;1-5,12H,6-10H2;4*1-2H3. The number of H-pyrrole nitrogens is 1. The molecule has 238 valence electrons. The third kappa shape index (κ3) is 12.6. The van der Waals surface area contributed by atoms with E-state index in [2.05, 4.69) is 106 Å². The van der Waals surface area contributed by atoms with Gasteiger partial charge in [-0.2, -0.15) is 0 Å². The molecule has 4 nitrogen and oxygen atoms in total. The Hall–Kier alpha value is -3.08. The highest BCUT2D eigenvalue weighted by atomic mass is 15.2. The van der Waals surface area contributed by atoms with E-state index in [1.807, 2.05) is 55.4 Å². The maximum absolute atomic E-state index is 3.38. The van der Waals surface area contributed by atoms with Crippen LogP contribution in [-0.2, 0) is 19.4 Å². The molecule has 3 aromatic carbocycles. The molecule has 0 amide bonds. The van der Waals surface area contributed by atoms with Gasteiger partial charge in [-0.15, -0.1) is 0 Å². The number of anilines is 1. The molecule has 1 saturated heterocycles. The van der Waals surface area contributed by atoms with Crippen molar-refractivity contribution in [3.63, 3.8) is 0 Å². The summed E-state index contributed by atoms with van der Waals surface area (Å²) < 4.78 is 0. The number of fused-ring (bicyclic) bond motifs is 2. The Morgan fingerprint density at radius 3 is 2.07 bits per heavy atom. The fourth-order valence-corrected chi connectivity index (χ4v) is 5.34. The molecule has 0 aliphatic carbocycles. The van der Waals surface area contributed by atoms with E-state index >= 15 is 0 Å². The van der Waals surface area contributed by atoms with Crippen LogP contribution in [0.2, 0.25) is 0 Å². The van der Waals surface area contributed by atoms with E-state index in [1.54, 1.807) is 0 Å². The third-order valence-corrected chi connectivity index (χ3v) is 7.23. The van der Waals surface area contributed by atoms with Crippen molar-refractivity contribution in [2.45, 2.75) is 88.1 Å². The van der Waals surface area contributed by atoms with Gasteiger partial charge in [0.05, 0.1) is 0 Å². The molecule has 1 fully saturated rings. The molecule has 6 rings (SSSR count). The predicted molar refractivity (Wildman–Crippen MR) is 194 cm³/mol. The molecule has 4 heteroatoms. The minimum Gasteiger partial charge on any atom is -0.371 e. The fraction of sp³-hybridized carbons (Fsp3) is 0.487. The minimum atomic E-state index is 1.09. The summed E-state index contributed by atoms with van der Waals surface area (Å²) in [5, 5.41) is 4.72. The molecule has 2 aliphatic heterocycles. The van der Waals surface area contributed by atoms with Crippen LogP contribution in [0.5, 0.6) is 0 Å². The van der Waals surface area contributed by atoms with E-state index in [9.17, 15) is 0 Å². The number of hydrogen-bond acceptors (Lipinski definition) is 3. The summed E-state index contributed by atoms with van der Waals surface area (Å²) in [5.74, 6) is 0. The van der Waals surface area contributed by atoms with E-state index < -0.39 is 0 Å². The van der Waals surface area contributed by atoms with Gasteiger partial charge < -0.3 is 15.2 Å². The fourth-order valence-electron chi connectivity index (χ4n) is 5.34. The number of benzene rings is 3. The largest absolute Gasteiger partial charge is 0.371 e. The van der Waals surface area contributed by atoms with Gasteiger partial charge in [-0.05, 0) is 55.0 Å². The molecule has 43 heavy (non-hydrogen) atoms. The number of para-hydroxylation sites is 1. The number of aryl methyl sites for hydroxylation is 2. The summed E-state index contributed by atoms with van der Waals surface area (Å²) >= 11 is 0. The maximum atomic E-state index is 3.38. The zero-order valence-electron chi connectivity index (χ0n) is 29.0. The second-order valence-electron chi connectivity index (χ2n) is 9.84. The van der Waals surface area contributed by atoms with Crippen LogP contribution >= 0.6 is 0 Å². The average molecular weight is 587 g/mol. The maximum Gasteiger partial charge on any atom is 0.0456 e. The summed E-state index contributed by atoms with van der Waals surface area (Å²) in [6.45, 7) is 26.2. The lowest BCUT2D eigenvalue weighted by atomic mass is 9.99.